The van der Waals surface area contributed by atoms with Gasteiger partial charge >= 0.3 is 0 Å². The lowest BCUT2D eigenvalue weighted by Gasteiger charge is -2.20. The summed E-state index contributed by atoms with van der Waals surface area (Å²) in [5.74, 6) is 0. The molecule has 3 heteroatoms. The fraction of sp³-hybridized carbons (Fsp3) is 1.00. The summed E-state index contributed by atoms with van der Waals surface area (Å²) < 4.78 is 0. The Labute approximate surface area is 62.9 Å². The molecule has 2 atom stereocenters. The predicted molar refractivity (Wildman–Crippen MR) is 42.5 cm³/mol. The summed E-state index contributed by atoms with van der Waals surface area (Å²) >= 11 is 0. The average Bonchev–Trinajstić information content (AvgIpc) is 1.99. The van der Waals surface area contributed by atoms with E-state index in [4.69, 9.17) is 10.6 Å². The molecule has 0 aliphatic rings. The topological polar surface area (TPSA) is 47.3 Å². The third-order valence-electron chi connectivity index (χ3n) is 1.62. The number of hydrogen-bond acceptors (Lipinski definition) is 3. The standard InChI is InChI=1S/C7H18N2O/c1-4-6(8)7(5-2)10-9-3/h6-7,9H,4-5,8H2,1-3H3. The van der Waals surface area contributed by atoms with Crippen LogP contribution >= 0.6 is 0 Å². The predicted octanol–water partition coefficient (Wildman–Crippen LogP) is 0.653. The molecule has 0 rings (SSSR count). The zero-order chi connectivity index (χ0) is 7.98. The Bertz CT molecular complexity index is 78.0. The van der Waals surface area contributed by atoms with Gasteiger partial charge in [-0.2, -0.15) is 0 Å². The van der Waals surface area contributed by atoms with Crippen molar-refractivity contribution in [3.63, 3.8) is 0 Å². The maximum atomic E-state index is 5.75. The molecule has 0 spiro atoms. The molecule has 3 N–H and O–H groups in total. The minimum absolute atomic E-state index is 0.148. The zero-order valence-electron chi connectivity index (χ0n) is 7.05. The highest BCUT2D eigenvalue weighted by Gasteiger charge is 2.13. The molecule has 0 amide bonds. The first-order valence-electron chi connectivity index (χ1n) is 3.84. The van der Waals surface area contributed by atoms with Gasteiger partial charge in [0.15, 0.2) is 0 Å². The van der Waals surface area contributed by atoms with Crippen LogP contribution < -0.4 is 11.2 Å². The van der Waals surface area contributed by atoms with Crippen LogP contribution in [0.15, 0.2) is 0 Å². The third-order valence-corrected chi connectivity index (χ3v) is 1.62. The van der Waals surface area contributed by atoms with Crippen LogP contribution in [0.25, 0.3) is 0 Å². The van der Waals surface area contributed by atoms with Gasteiger partial charge in [-0.1, -0.05) is 13.8 Å². The molecule has 2 unspecified atom stereocenters. The van der Waals surface area contributed by atoms with Crippen LogP contribution in [0.3, 0.4) is 0 Å². The van der Waals surface area contributed by atoms with Crippen molar-refractivity contribution in [1.29, 1.82) is 0 Å². The minimum atomic E-state index is 0.148. The van der Waals surface area contributed by atoms with E-state index < -0.39 is 0 Å². The van der Waals surface area contributed by atoms with Crippen LogP contribution in [0.5, 0.6) is 0 Å². The molecular weight excluding hydrogens is 128 g/mol. The molecule has 0 aromatic heterocycles. The first kappa shape index (κ1) is 9.88. The van der Waals surface area contributed by atoms with Crippen LogP contribution in [0, 0.1) is 0 Å². The van der Waals surface area contributed by atoms with E-state index in [0.29, 0.717) is 0 Å². The summed E-state index contributed by atoms with van der Waals surface area (Å²) in [5.41, 5.74) is 8.40. The highest BCUT2D eigenvalue weighted by molar-refractivity contribution is 4.69. The SMILES string of the molecule is CCC(N)C(CC)ONC. The molecule has 3 nitrogen and oxygen atoms in total. The highest BCUT2D eigenvalue weighted by Crippen LogP contribution is 2.02. The lowest BCUT2D eigenvalue weighted by atomic mass is 10.1. The molecule has 0 fully saturated rings. The van der Waals surface area contributed by atoms with Crippen LogP contribution in [0.1, 0.15) is 26.7 Å². The van der Waals surface area contributed by atoms with Crippen molar-refractivity contribution in [2.24, 2.45) is 5.73 Å². The molecule has 0 saturated carbocycles. The number of nitrogens with two attached hydrogens (primary N) is 1. The molecule has 0 aliphatic heterocycles. The van der Waals surface area contributed by atoms with E-state index in [1.54, 1.807) is 7.05 Å². The fourth-order valence-corrected chi connectivity index (χ4v) is 0.888. The van der Waals surface area contributed by atoms with E-state index in [9.17, 15) is 0 Å². The highest BCUT2D eigenvalue weighted by atomic mass is 16.7. The van der Waals surface area contributed by atoms with Gasteiger partial charge in [0.25, 0.3) is 0 Å². The third kappa shape index (κ3) is 3.15. The largest absolute Gasteiger partial charge is 0.325 e. The Morgan fingerprint density at radius 2 is 2.00 bits per heavy atom. The van der Waals surface area contributed by atoms with Crippen LogP contribution in [0.4, 0.5) is 0 Å². The van der Waals surface area contributed by atoms with Crippen molar-refractivity contribution in [3.8, 4) is 0 Å². The number of nitrogens with one attached hydrogen (secondary N) is 1. The van der Waals surface area contributed by atoms with Gasteiger partial charge in [-0.05, 0) is 12.8 Å². The summed E-state index contributed by atoms with van der Waals surface area (Å²) in [6, 6.07) is 0.150. The van der Waals surface area contributed by atoms with Gasteiger partial charge < -0.3 is 5.73 Å². The van der Waals surface area contributed by atoms with Gasteiger partial charge in [0, 0.05) is 13.1 Å². The summed E-state index contributed by atoms with van der Waals surface area (Å²) in [6.07, 6.45) is 2.06. The lowest BCUT2D eigenvalue weighted by Crippen LogP contribution is -2.38. The van der Waals surface area contributed by atoms with Gasteiger partial charge in [0.05, 0.1) is 6.10 Å². The summed E-state index contributed by atoms with van der Waals surface area (Å²) in [6.45, 7) is 4.13. The number of hydroxylamine groups is 1. The van der Waals surface area contributed by atoms with Crippen molar-refractivity contribution in [3.05, 3.63) is 0 Å². The molecule has 0 aromatic rings. The second-order valence-electron chi connectivity index (χ2n) is 2.34. The van der Waals surface area contributed by atoms with Gasteiger partial charge in [-0.25, -0.2) is 5.48 Å². The van der Waals surface area contributed by atoms with Gasteiger partial charge in [0.2, 0.25) is 0 Å². The maximum Gasteiger partial charge on any atom is 0.0937 e. The summed E-state index contributed by atoms with van der Waals surface area (Å²) in [4.78, 5) is 5.17. The van der Waals surface area contributed by atoms with Crippen LogP contribution in [-0.2, 0) is 4.84 Å². The molecule has 0 radical (unpaired) electrons. The molecule has 10 heavy (non-hydrogen) atoms. The monoisotopic (exact) mass is 146 g/mol. The fourth-order valence-electron chi connectivity index (χ4n) is 0.888. The number of rotatable bonds is 5. The zero-order valence-corrected chi connectivity index (χ0v) is 7.05. The van der Waals surface area contributed by atoms with E-state index in [1.807, 2.05) is 0 Å². The van der Waals surface area contributed by atoms with E-state index in [-0.39, 0.29) is 12.1 Å². The minimum Gasteiger partial charge on any atom is -0.325 e. The summed E-state index contributed by atoms with van der Waals surface area (Å²) in [7, 11) is 1.76. The first-order valence-corrected chi connectivity index (χ1v) is 3.84. The van der Waals surface area contributed by atoms with E-state index >= 15 is 0 Å². The van der Waals surface area contributed by atoms with Crippen molar-refractivity contribution in [2.75, 3.05) is 7.05 Å². The van der Waals surface area contributed by atoms with Crippen molar-refractivity contribution in [1.82, 2.24) is 5.48 Å². The van der Waals surface area contributed by atoms with Gasteiger partial charge in [0.1, 0.15) is 0 Å². The van der Waals surface area contributed by atoms with E-state index in [0.717, 1.165) is 12.8 Å². The molecule has 0 saturated heterocycles. The average molecular weight is 146 g/mol. The molecule has 0 heterocycles. The Morgan fingerprint density at radius 1 is 1.40 bits per heavy atom. The Hall–Kier alpha value is -0.120. The molecule has 0 aromatic carbocycles. The van der Waals surface area contributed by atoms with Gasteiger partial charge in [-0.3, -0.25) is 4.84 Å². The quantitative estimate of drug-likeness (QED) is 0.560. The normalized spacial score (nSPS) is 16.8. The molecule has 0 bridgehead atoms. The van der Waals surface area contributed by atoms with Gasteiger partial charge in [-0.15, -0.1) is 0 Å². The van der Waals surface area contributed by atoms with Crippen molar-refractivity contribution >= 4 is 0 Å². The Kier molecular flexibility index (Phi) is 5.58. The number of hydrogen-bond donors (Lipinski definition) is 2. The molecule has 0 aliphatic carbocycles. The molecular formula is C7H18N2O. The second kappa shape index (κ2) is 5.65. The first-order chi connectivity index (χ1) is 4.76. The molecule has 62 valence electrons. The van der Waals surface area contributed by atoms with E-state index in [2.05, 4.69) is 19.3 Å². The summed E-state index contributed by atoms with van der Waals surface area (Å²) in [5, 5.41) is 0. The van der Waals surface area contributed by atoms with Crippen LogP contribution in [-0.4, -0.2) is 19.2 Å². The van der Waals surface area contributed by atoms with Crippen molar-refractivity contribution < 1.29 is 4.84 Å². The second-order valence-corrected chi connectivity index (χ2v) is 2.34. The Morgan fingerprint density at radius 3 is 2.30 bits per heavy atom. The lowest BCUT2D eigenvalue weighted by molar-refractivity contribution is -0.0277. The Balaban J connectivity index is 3.56. The van der Waals surface area contributed by atoms with Crippen LogP contribution in [0.2, 0.25) is 0 Å². The maximum absolute atomic E-state index is 5.75. The van der Waals surface area contributed by atoms with E-state index in [1.165, 1.54) is 0 Å². The van der Waals surface area contributed by atoms with Crippen molar-refractivity contribution in [2.45, 2.75) is 38.8 Å². The smallest absolute Gasteiger partial charge is 0.0937 e.